The Morgan fingerprint density at radius 1 is 0.953 bits per heavy atom. The number of Topliss-reactive ketones (excluding diaryl/α,β-unsaturated/α-hetero) is 1. The lowest BCUT2D eigenvalue weighted by Gasteiger charge is -2.46. The molecular weight excluding hydrogens is 807 g/mol. The molecule has 4 unspecified atom stereocenters. The number of aromatic nitrogens is 1. The van der Waals surface area contributed by atoms with Crippen molar-refractivity contribution in [1.82, 2.24) is 10.3 Å². The van der Waals surface area contributed by atoms with Gasteiger partial charge < -0.3 is 50.6 Å². The van der Waals surface area contributed by atoms with E-state index in [2.05, 4.69) is 47.7 Å². The van der Waals surface area contributed by atoms with E-state index in [0.717, 1.165) is 83.2 Å². The maximum absolute atomic E-state index is 15.4. The van der Waals surface area contributed by atoms with Gasteiger partial charge in [-0.05, 0) is 164 Å². The van der Waals surface area contributed by atoms with Crippen molar-refractivity contribution < 1.29 is 39.8 Å². The summed E-state index contributed by atoms with van der Waals surface area (Å²) < 4.78 is 11.8. The Balaban J connectivity index is 1.14. The van der Waals surface area contributed by atoms with Gasteiger partial charge in [0.15, 0.2) is 23.0 Å². The van der Waals surface area contributed by atoms with E-state index in [1.807, 2.05) is 42.6 Å². The molecule has 1 saturated carbocycles. The molecular formula is C53H63N3O8. The van der Waals surface area contributed by atoms with Crippen LogP contribution in [0.3, 0.4) is 0 Å². The fourth-order valence-electron chi connectivity index (χ4n) is 10.6. The van der Waals surface area contributed by atoms with Crippen LogP contribution in [0.4, 0.5) is 5.69 Å². The first kappa shape index (κ1) is 44.5. The highest BCUT2D eigenvalue weighted by atomic mass is 16.5. The molecule has 11 heteroatoms. The summed E-state index contributed by atoms with van der Waals surface area (Å²) in [7, 11) is 0. The fraction of sp³-hybridized carbons (Fsp3) is 0.415. The highest BCUT2D eigenvalue weighted by molar-refractivity contribution is 5.87. The molecule has 1 fully saturated rings. The van der Waals surface area contributed by atoms with Crippen LogP contribution in [0, 0.1) is 23.2 Å². The number of aryl methyl sites for hydroxylation is 2. The van der Waals surface area contributed by atoms with Crippen LogP contribution < -0.4 is 20.1 Å². The number of dihydropyridines is 1. The minimum Gasteiger partial charge on any atom is -0.508 e. The van der Waals surface area contributed by atoms with Gasteiger partial charge in [-0.25, -0.2) is 0 Å². The van der Waals surface area contributed by atoms with E-state index >= 15 is 4.79 Å². The van der Waals surface area contributed by atoms with Crippen LogP contribution in [-0.2, 0) is 30.5 Å². The third-order valence-electron chi connectivity index (χ3n) is 13.7. The lowest BCUT2D eigenvalue weighted by Crippen LogP contribution is -2.48. The number of hydrogen-bond acceptors (Lipinski definition) is 10. The fourth-order valence-corrected chi connectivity index (χ4v) is 10.6. The molecule has 0 radical (unpaired) electrons. The Morgan fingerprint density at radius 3 is 2.62 bits per heavy atom. The second-order valence-electron chi connectivity index (χ2n) is 18.4. The first-order chi connectivity index (χ1) is 31.0. The summed E-state index contributed by atoms with van der Waals surface area (Å²) in [6.07, 6.45) is 13.0. The van der Waals surface area contributed by atoms with Gasteiger partial charge in [0.2, 0.25) is 5.75 Å². The minimum absolute atomic E-state index is 0.0170. The number of phenolic OH excluding ortho intramolecular Hbond substituents is 4. The van der Waals surface area contributed by atoms with Crippen LogP contribution in [0.1, 0.15) is 87.6 Å². The van der Waals surface area contributed by atoms with Crippen molar-refractivity contribution in [3.63, 3.8) is 0 Å². The van der Waals surface area contributed by atoms with Crippen LogP contribution >= 0.6 is 0 Å². The van der Waals surface area contributed by atoms with Crippen LogP contribution in [0.5, 0.6) is 34.5 Å². The molecule has 0 amide bonds. The molecule has 1 aromatic heterocycles. The second-order valence-corrected chi connectivity index (χ2v) is 18.4. The molecule has 8 rings (SSSR count). The number of phenols is 4. The summed E-state index contributed by atoms with van der Waals surface area (Å²) >= 11 is 0. The molecule has 0 spiro atoms. The Morgan fingerprint density at radius 2 is 1.80 bits per heavy atom. The van der Waals surface area contributed by atoms with E-state index in [1.165, 1.54) is 6.07 Å². The lowest BCUT2D eigenvalue weighted by atomic mass is 9.58. The number of ketones is 1. The predicted octanol–water partition coefficient (Wildman–Crippen LogP) is 9.75. The number of carbonyl (C=O) groups excluding carboxylic acids is 1. The van der Waals surface area contributed by atoms with E-state index in [0.29, 0.717) is 62.7 Å². The monoisotopic (exact) mass is 869 g/mol. The maximum atomic E-state index is 15.4. The normalized spacial score (nSPS) is 19.3. The number of allylic oxidation sites excluding steroid dienone is 2. The van der Waals surface area contributed by atoms with Crippen LogP contribution in [0.2, 0.25) is 0 Å². The summed E-state index contributed by atoms with van der Waals surface area (Å²) in [5.74, 6) is 0.893. The van der Waals surface area contributed by atoms with Gasteiger partial charge in [0.1, 0.15) is 17.4 Å². The topological polar surface area (TPSA) is 177 Å². The molecule has 5 aromatic rings. The molecule has 4 aromatic carbocycles. The molecule has 1 aliphatic carbocycles. The third-order valence-corrected chi connectivity index (χ3v) is 13.7. The number of aromatic hydroxyl groups is 4. The number of aliphatic hydroxyl groups excluding tert-OH is 1. The van der Waals surface area contributed by atoms with E-state index in [4.69, 9.17) is 9.47 Å². The molecule has 8 N–H and O–H groups in total. The molecule has 338 valence electrons. The highest BCUT2D eigenvalue weighted by Crippen LogP contribution is 2.58. The number of fused-ring (bicyclic) bond motifs is 2. The number of nitrogens with one attached hydrogen (secondary N) is 3. The molecule has 3 heterocycles. The van der Waals surface area contributed by atoms with Crippen molar-refractivity contribution in [3.05, 3.63) is 125 Å². The quantitative estimate of drug-likeness (QED) is 0.0295. The van der Waals surface area contributed by atoms with Crippen molar-refractivity contribution in [1.29, 1.82) is 0 Å². The summed E-state index contributed by atoms with van der Waals surface area (Å²) in [6.45, 7) is 5.75. The number of anilines is 1. The van der Waals surface area contributed by atoms with Gasteiger partial charge in [-0.15, -0.1) is 0 Å². The van der Waals surface area contributed by atoms with E-state index < -0.39 is 17.4 Å². The molecule has 3 aliphatic rings. The summed E-state index contributed by atoms with van der Waals surface area (Å²) in [5, 5.41) is 64.0. The number of benzene rings is 4. The zero-order valence-electron chi connectivity index (χ0n) is 37.0. The SMILES string of the molecule is CC(C)CCCOc1cc(CCC(=O)C(C(O)CCc2ccc(O)c3c2CCCO3)C2(C3=CCNC(Nc4ccc5cc(O)ccc5c4)=C3)CCCC2Cc2ccc[nH]2)cc(O)c1O. The predicted molar refractivity (Wildman–Crippen MR) is 250 cm³/mol. The number of H-pyrrole nitrogens is 1. The molecule has 2 aliphatic heterocycles. The molecule has 4 atom stereocenters. The molecule has 11 nitrogen and oxygen atoms in total. The van der Waals surface area contributed by atoms with Gasteiger partial charge >= 0.3 is 0 Å². The van der Waals surface area contributed by atoms with Crippen molar-refractivity contribution in [2.24, 2.45) is 23.2 Å². The van der Waals surface area contributed by atoms with E-state index in [-0.39, 0.29) is 53.3 Å². The Hall–Kier alpha value is -6.07. The highest BCUT2D eigenvalue weighted by Gasteiger charge is 2.55. The van der Waals surface area contributed by atoms with Gasteiger partial charge in [-0.1, -0.05) is 44.5 Å². The van der Waals surface area contributed by atoms with Crippen molar-refractivity contribution in [2.45, 2.75) is 97.0 Å². The standard InChI is InChI=1S/C53H63N3O8/c1-33(2)7-5-25-63-48-28-34(27-47(61)51(48)62)11-18-44(58)50(45(59)19-14-35-15-20-46(60)52-43(35)10-6-26-64-52)53(22-3-8-38(53)31-40-9-4-23-54-40)39-21-24-55-49(32-39)56-41-16-12-37-30-42(57)17-13-36(37)29-41/h4,9,12-13,15-17,20-21,23,27-30,32-33,38,45,50,54-57,59-62H,3,5-8,10-11,14,18-19,22,24-26,31H2,1-2H3. The first-order valence-electron chi connectivity index (χ1n) is 23.1. The largest absolute Gasteiger partial charge is 0.508 e. The first-order valence-corrected chi connectivity index (χ1v) is 23.1. The minimum atomic E-state index is -1.02. The molecule has 64 heavy (non-hydrogen) atoms. The Kier molecular flexibility index (Phi) is 13.8. The van der Waals surface area contributed by atoms with E-state index in [9.17, 15) is 25.5 Å². The third kappa shape index (κ3) is 9.84. The van der Waals surface area contributed by atoms with Gasteiger partial charge in [0.05, 0.1) is 25.2 Å². The van der Waals surface area contributed by atoms with Crippen molar-refractivity contribution >= 4 is 22.2 Å². The zero-order valence-corrected chi connectivity index (χ0v) is 37.0. The number of aromatic amines is 1. The molecule has 0 saturated heterocycles. The lowest BCUT2D eigenvalue weighted by molar-refractivity contribution is -0.133. The van der Waals surface area contributed by atoms with Gasteiger partial charge in [0, 0.05) is 41.5 Å². The van der Waals surface area contributed by atoms with Gasteiger partial charge in [-0.3, -0.25) is 4.79 Å². The van der Waals surface area contributed by atoms with Crippen LogP contribution in [0.15, 0.2) is 103 Å². The average molecular weight is 870 g/mol. The van der Waals surface area contributed by atoms with E-state index in [1.54, 1.807) is 24.3 Å². The number of carbonyl (C=O) groups is 1. The van der Waals surface area contributed by atoms with Crippen LogP contribution in [0.25, 0.3) is 10.8 Å². The number of rotatable bonds is 19. The van der Waals surface area contributed by atoms with Crippen molar-refractivity contribution in [2.75, 3.05) is 25.1 Å². The van der Waals surface area contributed by atoms with Crippen molar-refractivity contribution in [3.8, 4) is 34.5 Å². The number of ether oxygens (including phenoxy) is 2. The number of aliphatic hydroxyl groups is 1. The number of hydrogen-bond donors (Lipinski definition) is 8. The zero-order chi connectivity index (χ0) is 44.8. The Bertz CT molecular complexity index is 2490. The van der Waals surface area contributed by atoms with Gasteiger partial charge in [-0.2, -0.15) is 0 Å². The maximum Gasteiger partial charge on any atom is 0.200 e. The summed E-state index contributed by atoms with van der Waals surface area (Å²) in [6, 6.07) is 22.2. The molecule has 0 bridgehead atoms. The smallest absolute Gasteiger partial charge is 0.200 e. The summed E-state index contributed by atoms with van der Waals surface area (Å²) in [4.78, 5) is 18.8. The average Bonchev–Trinajstić information content (AvgIpc) is 3.97. The summed E-state index contributed by atoms with van der Waals surface area (Å²) in [5.41, 5.74) is 4.84. The van der Waals surface area contributed by atoms with Gasteiger partial charge in [0.25, 0.3) is 0 Å². The van der Waals surface area contributed by atoms with Crippen LogP contribution in [-0.4, -0.2) is 62.2 Å². The Labute approximate surface area is 375 Å². The second kappa shape index (κ2) is 19.8.